The smallest absolute Gasteiger partial charge is 0.170 e. The van der Waals surface area contributed by atoms with Gasteiger partial charge in [-0.1, -0.05) is 0 Å². The van der Waals surface area contributed by atoms with Crippen LogP contribution in [0.25, 0.3) is 0 Å². The first-order valence-corrected chi connectivity index (χ1v) is 7.88. The summed E-state index contributed by atoms with van der Waals surface area (Å²) in [5.41, 5.74) is 1.10. The number of ether oxygens (including phenoxy) is 1. The molecule has 3 saturated carbocycles. The molecule has 3 aliphatic rings. The standard InChI is InChI=1S/C16H22N2OS/c1-17-15(20)18-13-2-4-14(5-3-13)19-16-9-6-12(7-10-16)8-11-16/h2-5,12H,6-11H2,1H3,(H2,17,18,20). The summed E-state index contributed by atoms with van der Waals surface area (Å²) in [5, 5.41) is 6.65. The topological polar surface area (TPSA) is 33.3 Å². The van der Waals surface area contributed by atoms with Crippen molar-refractivity contribution in [3.8, 4) is 5.75 Å². The lowest BCUT2D eigenvalue weighted by Gasteiger charge is -2.46. The highest BCUT2D eigenvalue weighted by Crippen LogP contribution is 2.46. The first-order chi connectivity index (χ1) is 9.69. The molecule has 3 aliphatic carbocycles. The number of thiocarbonyl (C=S) groups is 1. The van der Waals surface area contributed by atoms with Crippen LogP contribution in [0.15, 0.2) is 24.3 Å². The van der Waals surface area contributed by atoms with Gasteiger partial charge < -0.3 is 15.4 Å². The van der Waals surface area contributed by atoms with Gasteiger partial charge in [0.2, 0.25) is 0 Å². The van der Waals surface area contributed by atoms with E-state index in [0.717, 1.165) is 17.4 Å². The van der Waals surface area contributed by atoms with Crippen molar-refractivity contribution in [3.05, 3.63) is 24.3 Å². The predicted molar refractivity (Wildman–Crippen MR) is 86.3 cm³/mol. The predicted octanol–water partition coefficient (Wildman–Crippen LogP) is 3.70. The van der Waals surface area contributed by atoms with E-state index >= 15 is 0 Å². The Bertz CT molecular complexity index is 464. The second-order valence-corrected chi connectivity index (χ2v) is 6.40. The van der Waals surface area contributed by atoms with Crippen LogP contribution in [0.2, 0.25) is 0 Å². The van der Waals surface area contributed by atoms with Crippen LogP contribution in [0.1, 0.15) is 38.5 Å². The van der Waals surface area contributed by atoms with E-state index in [1.807, 2.05) is 31.3 Å². The molecule has 2 N–H and O–H groups in total. The molecule has 2 bridgehead atoms. The Kier molecular flexibility index (Phi) is 3.83. The highest BCUT2D eigenvalue weighted by atomic mass is 32.1. The van der Waals surface area contributed by atoms with E-state index in [-0.39, 0.29) is 5.60 Å². The summed E-state index contributed by atoms with van der Waals surface area (Å²) in [6.45, 7) is 0. The minimum atomic E-state index is 0.115. The Labute approximate surface area is 126 Å². The number of anilines is 1. The Morgan fingerprint density at radius 3 is 2.30 bits per heavy atom. The van der Waals surface area contributed by atoms with Crippen LogP contribution in [-0.4, -0.2) is 17.8 Å². The molecule has 0 radical (unpaired) electrons. The van der Waals surface area contributed by atoms with Crippen molar-refractivity contribution < 1.29 is 4.74 Å². The molecule has 0 unspecified atom stereocenters. The number of hydrogen-bond donors (Lipinski definition) is 2. The van der Waals surface area contributed by atoms with Crippen LogP contribution in [-0.2, 0) is 0 Å². The van der Waals surface area contributed by atoms with E-state index in [1.54, 1.807) is 0 Å². The fourth-order valence-corrected chi connectivity index (χ4v) is 3.53. The highest BCUT2D eigenvalue weighted by Gasteiger charge is 2.42. The van der Waals surface area contributed by atoms with E-state index in [2.05, 4.69) is 10.6 Å². The van der Waals surface area contributed by atoms with Crippen LogP contribution in [0, 0.1) is 5.92 Å². The quantitative estimate of drug-likeness (QED) is 0.832. The zero-order valence-corrected chi connectivity index (χ0v) is 12.8. The maximum absolute atomic E-state index is 6.34. The molecule has 3 nitrogen and oxygen atoms in total. The zero-order chi connectivity index (χ0) is 14.0. The summed E-state index contributed by atoms with van der Waals surface area (Å²) < 4.78 is 6.34. The normalized spacial score (nSPS) is 27.9. The average molecular weight is 290 g/mol. The van der Waals surface area contributed by atoms with E-state index < -0.39 is 0 Å². The van der Waals surface area contributed by atoms with Gasteiger partial charge in [0, 0.05) is 12.7 Å². The van der Waals surface area contributed by atoms with E-state index in [0.29, 0.717) is 5.11 Å². The summed E-state index contributed by atoms with van der Waals surface area (Å²) in [4.78, 5) is 0. The summed E-state index contributed by atoms with van der Waals surface area (Å²) in [7, 11) is 1.81. The van der Waals surface area contributed by atoms with Gasteiger partial charge in [0.15, 0.2) is 5.11 Å². The van der Waals surface area contributed by atoms with Gasteiger partial charge in [0.25, 0.3) is 0 Å². The Balaban J connectivity index is 1.64. The average Bonchev–Trinajstić information content (AvgIpc) is 2.50. The molecule has 0 amide bonds. The van der Waals surface area contributed by atoms with Crippen molar-refractivity contribution in [2.24, 2.45) is 5.92 Å². The van der Waals surface area contributed by atoms with Gasteiger partial charge in [0.1, 0.15) is 11.4 Å². The van der Waals surface area contributed by atoms with E-state index in [9.17, 15) is 0 Å². The summed E-state index contributed by atoms with van der Waals surface area (Å²) in [6, 6.07) is 8.11. The fraction of sp³-hybridized carbons (Fsp3) is 0.562. The maximum Gasteiger partial charge on any atom is 0.170 e. The molecule has 20 heavy (non-hydrogen) atoms. The van der Waals surface area contributed by atoms with E-state index in [4.69, 9.17) is 17.0 Å². The molecule has 1 aromatic rings. The molecule has 3 fully saturated rings. The molecule has 4 heteroatoms. The lowest BCUT2D eigenvalue weighted by atomic mass is 9.68. The lowest BCUT2D eigenvalue weighted by molar-refractivity contribution is -0.0323. The van der Waals surface area contributed by atoms with Crippen molar-refractivity contribution in [1.82, 2.24) is 5.32 Å². The summed E-state index contributed by atoms with van der Waals surface area (Å²) in [5.74, 6) is 1.95. The molecular formula is C16H22N2OS. The second kappa shape index (κ2) is 5.60. The fourth-order valence-electron chi connectivity index (χ4n) is 3.41. The molecule has 0 heterocycles. The molecule has 0 aliphatic heterocycles. The van der Waals surface area contributed by atoms with Gasteiger partial charge >= 0.3 is 0 Å². The third-order valence-electron chi connectivity index (χ3n) is 4.70. The van der Waals surface area contributed by atoms with Crippen LogP contribution < -0.4 is 15.4 Å². The third-order valence-corrected chi connectivity index (χ3v) is 5.00. The van der Waals surface area contributed by atoms with Gasteiger partial charge in [-0.2, -0.15) is 0 Å². The van der Waals surface area contributed by atoms with Crippen LogP contribution in [0.4, 0.5) is 5.69 Å². The zero-order valence-electron chi connectivity index (χ0n) is 11.9. The van der Waals surface area contributed by atoms with Crippen molar-refractivity contribution in [1.29, 1.82) is 0 Å². The maximum atomic E-state index is 6.34. The van der Waals surface area contributed by atoms with Crippen molar-refractivity contribution >= 4 is 23.0 Å². The van der Waals surface area contributed by atoms with Crippen molar-refractivity contribution in [2.45, 2.75) is 44.1 Å². The molecular weight excluding hydrogens is 268 g/mol. The SMILES string of the molecule is CNC(=S)Nc1ccc(OC23CCC(CC2)CC3)cc1. The molecule has 108 valence electrons. The largest absolute Gasteiger partial charge is 0.487 e. The Hall–Kier alpha value is -1.29. The molecule has 4 rings (SSSR count). The minimum Gasteiger partial charge on any atom is -0.487 e. The van der Waals surface area contributed by atoms with Gasteiger partial charge in [-0.3, -0.25) is 0 Å². The number of hydrogen-bond acceptors (Lipinski definition) is 2. The molecule has 0 aromatic heterocycles. The molecule has 0 spiro atoms. The Morgan fingerprint density at radius 1 is 1.15 bits per heavy atom. The first-order valence-electron chi connectivity index (χ1n) is 7.47. The van der Waals surface area contributed by atoms with Gasteiger partial charge in [0.05, 0.1) is 0 Å². The number of benzene rings is 1. The van der Waals surface area contributed by atoms with Gasteiger partial charge in [-0.05, 0) is 80.9 Å². The minimum absolute atomic E-state index is 0.115. The lowest BCUT2D eigenvalue weighted by Crippen LogP contribution is -2.44. The monoisotopic (exact) mass is 290 g/mol. The van der Waals surface area contributed by atoms with E-state index in [1.165, 1.54) is 38.5 Å². The van der Waals surface area contributed by atoms with Gasteiger partial charge in [-0.15, -0.1) is 0 Å². The van der Waals surface area contributed by atoms with Crippen LogP contribution >= 0.6 is 12.2 Å². The first kappa shape index (κ1) is 13.7. The number of rotatable bonds is 3. The summed E-state index contributed by atoms with van der Waals surface area (Å²) in [6.07, 6.45) is 7.70. The van der Waals surface area contributed by atoms with Crippen LogP contribution in [0.3, 0.4) is 0 Å². The Morgan fingerprint density at radius 2 is 1.75 bits per heavy atom. The van der Waals surface area contributed by atoms with Gasteiger partial charge in [-0.25, -0.2) is 0 Å². The highest BCUT2D eigenvalue weighted by molar-refractivity contribution is 7.80. The van der Waals surface area contributed by atoms with Crippen molar-refractivity contribution in [3.63, 3.8) is 0 Å². The number of fused-ring (bicyclic) bond motifs is 3. The second-order valence-electron chi connectivity index (χ2n) is 6.00. The molecule has 0 atom stereocenters. The third kappa shape index (κ3) is 2.90. The molecule has 0 saturated heterocycles. The summed E-state index contributed by atoms with van der Waals surface area (Å²) >= 11 is 5.09. The van der Waals surface area contributed by atoms with Crippen molar-refractivity contribution in [2.75, 3.05) is 12.4 Å². The number of nitrogens with one attached hydrogen (secondary N) is 2. The molecule has 1 aromatic carbocycles. The van der Waals surface area contributed by atoms with Crippen LogP contribution in [0.5, 0.6) is 5.75 Å².